The molecule has 1 fully saturated rings. The molecule has 5 heteroatoms. The molecule has 1 aromatic heterocycles. The Morgan fingerprint density at radius 3 is 3.13 bits per heavy atom. The number of amides is 1. The van der Waals surface area contributed by atoms with E-state index in [9.17, 15) is 4.79 Å². The second-order valence-electron chi connectivity index (χ2n) is 3.61. The first-order valence-corrected chi connectivity index (χ1v) is 6.65. The Balaban J connectivity index is 1.79. The lowest BCUT2D eigenvalue weighted by Crippen LogP contribution is -2.45. The van der Waals surface area contributed by atoms with Crippen molar-refractivity contribution in [1.29, 1.82) is 0 Å². The number of thiophene rings is 1. The van der Waals surface area contributed by atoms with Crippen molar-refractivity contribution in [2.75, 3.05) is 6.54 Å². The molecule has 0 aromatic carbocycles. The van der Waals surface area contributed by atoms with Gasteiger partial charge in [0.25, 0.3) is 0 Å². The van der Waals surface area contributed by atoms with Crippen LogP contribution in [0.5, 0.6) is 0 Å². The standard InChI is InChI=1S/C10H13BrN2OS/c11-8-3-4-15-9(8)6-12-7-1-2-10(14)13-5-7/h3-4,7,12H,1-2,5-6H2,(H,13,14). The molecule has 0 bridgehead atoms. The summed E-state index contributed by atoms with van der Waals surface area (Å²) in [5.41, 5.74) is 0. The van der Waals surface area contributed by atoms with Crippen molar-refractivity contribution in [3.63, 3.8) is 0 Å². The van der Waals surface area contributed by atoms with Gasteiger partial charge in [-0.15, -0.1) is 11.3 Å². The van der Waals surface area contributed by atoms with Crippen LogP contribution in [0.4, 0.5) is 0 Å². The summed E-state index contributed by atoms with van der Waals surface area (Å²) in [6, 6.07) is 2.47. The molecule has 1 atom stereocenters. The van der Waals surface area contributed by atoms with Crippen LogP contribution in [-0.2, 0) is 11.3 Å². The van der Waals surface area contributed by atoms with E-state index < -0.39 is 0 Å². The van der Waals surface area contributed by atoms with Crippen molar-refractivity contribution in [2.24, 2.45) is 0 Å². The van der Waals surface area contributed by atoms with Crippen LogP contribution in [0.15, 0.2) is 15.9 Å². The summed E-state index contributed by atoms with van der Waals surface area (Å²) in [6.45, 7) is 1.63. The van der Waals surface area contributed by atoms with E-state index >= 15 is 0 Å². The van der Waals surface area contributed by atoms with E-state index in [1.165, 1.54) is 9.35 Å². The van der Waals surface area contributed by atoms with Gasteiger partial charge in [0.2, 0.25) is 5.91 Å². The second-order valence-corrected chi connectivity index (χ2v) is 5.47. The van der Waals surface area contributed by atoms with Crippen LogP contribution >= 0.6 is 27.3 Å². The Kier molecular flexibility index (Phi) is 3.77. The van der Waals surface area contributed by atoms with E-state index in [0.717, 1.165) is 19.5 Å². The minimum atomic E-state index is 0.172. The number of rotatable bonds is 3. The van der Waals surface area contributed by atoms with Crippen molar-refractivity contribution in [1.82, 2.24) is 10.6 Å². The fourth-order valence-corrected chi connectivity index (χ4v) is 3.04. The van der Waals surface area contributed by atoms with Crippen LogP contribution < -0.4 is 10.6 Å². The molecule has 82 valence electrons. The van der Waals surface area contributed by atoms with Crippen molar-refractivity contribution >= 4 is 33.2 Å². The predicted octanol–water partition coefficient (Wildman–Crippen LogP) is 1.88. The average molecular weight is 289 g/mol. The molecule has 0 aliphatic carbocycles. The molecule has 15 heavy (non-hydrogen) atoms. The fourth-order valence-electron chi connectivity index (χ4n) is 1.60. The Morgan fingerprint density at radius 2 is 2.53 bits per heavy atom. The first-order valence-electron chi connectivity index (χ1n) is 4.97. The van der Waals surface area contributed by atoms with E-state index in [2.05, 4.69) is 38.0 Å². The highest BCUT2D eigenvalue weighted by atomic mass is 79.9. The molecule has 2 heterocycles. The van der Waals surface area contributed by atoms with Crippen molar-refractivity contribution < 1.29 is 4.79 Å². The van der Waals surface area contributed by atoms with Crippen LogP contribution in [-0.4, -0.2) is 18.5 Å². The van der Waals surface area contributed by atoms with E-state index in [1.54, 1.807) is 11.3 Å². The predicted molar refractivity (Wildman–Crippen MR) is 64.9 cm³/mol. The summed E-state index contributed by atoms with van der Waals surface area (Å²) >= 11 is 5.24. The van der Waals surface area contributed by atoms with Gasteiger partial charge in [0.05, 0.1) is 0 Å². The zero-order valence-electron chi connectivity index (χ0n) is 8.25. The normalized spacial score (nSPS) is 21.4. The topological polar surface area (TPSA) is 41.1 Å². The molecule has 0 saturated carbocycles. The van der Waals surface area contributed by atoms with Gasteiger partial charge in [-0.3, -0.25) is 4.79 Å². The summed E-state index contributed by atoms with van der Waals surface area (Å²) in [7, 11) is 0. The molecule has 1 amide bonds. The maximum Gasteiger partial charge on any atom is 0.220 e. The smallest absolute Gasteiger partial charge is 0.220 e. The summed E-state index contributed by atoms with van der Waals surface area (Å²) in [4.78, 5) is 12.3. The van der Waals surface area contributed by atoms with E-state index in [0.29, 0.717) is 12.5 Å². The number of nitrogens with one attached hydrogen (secondary N) is 2. The minimum Gasteiger partial charge on any atom is -0.355 e. The lowest BCUT2D eigenvalue weighted by molar-refractivity contribution is -0.122. The van der Waals surface area contributed by atoms with Gasteiger partial charge < -0.3 is 10.6 Å². The monoisotopic (exact) mass is 288 g/mol. The van der Waals surface area contributed by atoms with E-state index in [4.69, 9.17) is 0 Å². The largest absolute Gasteiger partial charge is 0.355 e. The van der Waals surface area contributed by atoms with Crippen LogP contribution in [0.3, 0.4) is 0 Å². The van der Waals surface area contributed by atoms with Crippen LogP contribution in [0.25, 0.3) is 0 Å². The third-order valence-electron chi connectivity index (χ3n) is 2.51. The molecule has 2 N–H and O–H groups in total. The number of hydrogen-bond donors (Lipinski definition) is 2. The first kappa shape index (κ1) is 11.1. The van der Waals surface area contributed by atoms with Gasteiger partial charge in [-0.2, -0.15) is 0 Å². The zero-order chi connectivity index (χ0) is 10.7. The maximum absolute atomic E-state index is 11.0. The van der Waals surface area contributed by atoms with Gasteiger partial charge in [0, 0.05) is 34.9 Å². The molecule has 2 rings (SSSR count). The Hall–Kier alpha value is -0.390. The average Bonchev–Trinajstić information content (AvgIpc) is 2.63. The fraction of sp³-hybridized carbons (Fsp3) is 0.500. The molecular weight excluding hydrogens is 276 g/mol. The molecular formula is C10H13BrN2OS. The third kappa shape index (κ3) is 3.03. The molecule has 1 aliphatic heterocycles. The van der Waals surface area contributed by atoms with Crippen LogP contribution in [0, 0.1) is 0 Å². The quantitative estimate of drug-likeness (QED) is 0.892. The third-order valence-corrected chi connectivity index (χ3v) is 4.43. The molecule has 1 aromatic rings. The van der Waals surface area contributed by atoms with Gasteiger partial charge in [-0.1, -0.05) is 0 Å². The molecule has 1 unspecified atom stereocenters. The summed E-state index contributed by atoms with van der Waals surface area (Å²) < 4.78 is 1.17. The highest BCUT2D eigenvalue weighted by Crippen LogP contribution is 2.22. The SMILES string of the molecule is O=C1CCC(NCc2sccc2Br)CN1. The number of carbonyl (C=O) groups is 1. The van der Waals surface area contributed by atoms with Crippen molar-refractivity contribution in [2.45, 2.75) is 25.4 Å². The van der Waals surface area contributed by atoms with Crippen molar-refractivity contribution in [3.05, 3.63) is 20.8 Å². The minimum absolute atomic E-state index is 0.172. The van der Waals surface area contributed by atoms with Gasteiger partial charge in [0.15, 0.2) is 0 Å². The summed E-state index contributed by atoms with van der Waals surface area (Å²) in [5.74, 6) is 0.172. The van der Waals surface area contributed by atoms with Crippen molar-refractivity contribution in [3.8, 4) is 0 Å². The van der Waals surface area contributed by atoms with Crippen LogP contribution in [0.2, 0.25) is 0 Å². The number of carbonyl (C=O) groups excluding carboxylic acids is 1. The van der Waals surface area contributed by atoms with E-state index in [1.807, 2.05) is 0 Å². The lowest BCUT2D eigenvalue weighted by Gasteiger charge is -2.23. The van der Waals surface area contributed by atoms with Gasteiger partial charge in [0.1, 0.15) is 0 Å². The molecule has 0 spiro atoms. The second kappa shape index (κ2) is 5.09. The highest BCUT2D eigenvalue weighted by molar-refractivity contribution is 9.10. The van der Waals surface area contributed by atoms with Gasteiger partial charge in [-0.25, -0.2) is 0 Å². The first-order chi connectivity index (χ1) is 7.25. The Bertz CT molecular complexity index is 343. The van der Waals surface area contributed by atoms with Gasteiger partial charge >= 0.3 is 0 Å². The summed E-state index contributed by atoms with van der Waals surface area (Å²) in [5, 5.41) is 8.39. The Morgan fingerprint density at radius 1 is 1.67 bits per heavy atom. The van der Waals surface area contributed by atoms with E-state index in [-0.39, 0.29) is 5.91 Å². The molecule has 3 nitrogen and oxygen atoms in total. The maximum atomic E-state index is 11.0. The summed E-state index contributed by atoms with van der Waals surface area (Å²) in [6.07, 6.45) is 1.58. The number of piperidine rings is 1. The lowest BCUT2D eigenvalue weighted by atomic mass is 10.1. The van der Waals surface area contributed by atoms with Gasteiger partial charge in [-0.05, 0) is 33.8 Å². The van der Waals surface area contributed by atoms with Crippen LogP contribution in [0.1, 0.15) is 17.7 Å². The highest BCUT2D eigenvalue weighted by Gasteiger charge is 2.17. The number of halogens is 1. The molecule has 1 saturated heterocycles. The molecule has 1 aliphatic rings. The molecule has 0 radical (unpaired) electrons. The zero-order valence-corrected chi connectivity index (χ0v) is 10.7. The number of hydrogen-bond acceptors (Lipinski definition) is 3. The Labute approximate surface area is 101 Å².